The Balaban J connectivity index is 2.00. The van der Waals surface area contributed by atoms with Gasteiger partial charge in [0.1, 0.15) is 5.52 Å². The van der Waals surface area contributed by atoms with Crippen LogP contribution in [0.15, 0.2) is 22.6 Å². The number of aromatic nitrogens is 1. The molecule has 0 aliphatic rings. The zero-order valence-corrected chi connectivity index (χ0v) is 11.3. The molecule has 19 heavy (non-hydrogen) atoms. The highest BCUT2D eigenvalue weighted by atomic mass is 16.4. The second-order valence-corrected chi connectivity index (χ2v) is 5.40. The number of carbonyl (C=O) groups excluding carboxylic acids is 1. The molecule has 0 atom stereocenters. The fourth-order valence-electron chi connectivity index (χ4n) is 1.64. The maximum Gasteiger partial charge on any atom is 0.296 e. The molecule has 2 aromatic rings. The van der Waals surface area contributed by atoms with Gasteiger partial charge in [0.05, 0.1) is 6.54 Å². The van der Waals surface area contributed by atoms with E-state index in [4.69, 9.17) is 10.2 Å². The molecule has 0 bridgehead atoms. The largest absolute Gasteiger partial charge is 0.424 e. The fraction of sp³-hybridized carbons (Fsp3) is 0.385. The Kier molecular flexibility index (Phi) is 3.33. The molecule has 2 rings (SSSR count). The van der Waals surface area contributed by atoms with Crippen molar-refractivity contribution in [2.75, 3.05) is 17.6 Å². The lowest BCUT2D eigenvalue weighted by Crippen LogP contribution is -2.43. The number of benzene rings is 1. The number of fused-ring (bicyclic) bond motifs is 1. The van der Waals surface area contributed by atoms with Crippen molar-refractivity contribution in [1.29, 1.82) is 0 Å². The molecule has 0 saturated carbocycles. The monoisotopic (exact) mass is 262 g/mol. The highest BCUT2D eigenvalue weighted by Crippen LogP contribution is 2.20. The van der Waals surface area contributed by atoms with E-state index in [9.17, 15) is 4.79 Å². The van der Waals surface area contributed by atoms with Gasteiger partial charge in [-0.2, -0.15) is 4.98 Å². The average Bonchev–Trinajstić information content (AvgIpc) is 2.66. The topological polar surface area (TPSA) is 93.2 Å². The van der Waals surface area contributed by atoms with E-state index < -0.39 is 0 Å². The molecule has 1 heterocycles. The highest BCUT2D eigenvalue weighted by Gasteiger charge is 2.14. The lowest BCUT2D eigenvalue weighted by atomic mass is 10.1. The van der Waals surface area contributed by atoms with Gasteiger partial charge in [-0.15, -0.1) is 0 Å². The summed E-state index contributed by atoms with van der Waals surface area (Å²) < 4.78 is 5.45. The summed E-state index contributed by atoms with van der Waals surface area (Å²) in [5, 5.41) is 5.69. The van der Waals surface area contributed by atoms with Crippen LogP contribution < -0.4 is 16.4 Å². The third kappa shape index (κ3) is 3.61. The molecule has 102 valence electrons. The van der Waals surface area contributed by atoms with Gasteiger partial charge in [-0.3, -0.25) is 4.79 Å². The van der Waals surface area contributed by atoms with Crippen molar-refractivity contribution < 1.29 is 9.21 Å². The number of nitrogen functional groups attached to an aromatic ring is 1. The van der Waals surface area contributed by atoms with E-state index in [-0.39, 0.29) is 18.0 Å². The predicted molar refractivity (Wildman–Crippen MR) is 74.8 cm³/mol. The summed E-state index contributed by atoms with van der Waals surface area (Å²) in [6.45, 7) is 5.88. The van der Waals surface area contributed by atoms with Crippen molar-refractivity contribution in [3.8, 4) is 0 Å². The van der Waals surface area contributed by atoms with Crippen LogP contribution in [0.2, 0.25) is 0 Å². The number of hydrogen-bond donors (Lipinski definition) is 3. The summed E-state index contributed by atoms with van der Waals surface area (Å²) >= 11 is 0. The number of hydrogen-bond acceptors (Lipinski definition) is 5. The zero-order chi connectivity index (χ0) is 14.0. The van der Waals surface area contributed by atoms with E-state index >= 15 is 0 Å². The Morgan fingerprint density at radius 1 is 1.42 bits per heavy atom. The third-order valence-corrected chi connectivity index (χ3v) is 2.33. The van der Waals surface area contributed by atoms with Crippen molar-refractivity contribution in [1.82, 2.24) is 10.3 Å². The maximum atomic E-state index is 11.6. The number of nitrogens with zero attached hydrogens (tertiary/aromatic N) is 1. The molecule has 1 amide bonds. The summed E-state index contributed by atoms with van der Waals surface area (Å²) in [5.74, 6) is -0.116. The van der Waals surface area contributed by atoms with E-state index in [0.717, 1.165) is 0 Å². The summed E-state index contributed by atoms with van der Waals surface area (Å²) in [5.41, 5.74) is 7.32. The molecule has 0 radical (unpaired) electrons. The Labute approximate surface area is 111 Å². The van der Waals surface area contributed by atoms with Crippen LogP contribution in [-0.4, -0.2) is 23.0 Å². The summed E-state index contributed by atoms with van der Waals surface area (Å²) in [4.78, 5) is 15.8. The molecular weight excluding hydrogens is 244 g/mol. The first kappa shape index (κ1) is 13.2. The van der Waals surface area contributed by atoms with Crippen LogP contribution in [0.3, 0.4) is 0 Å². The predicted octanol–water partition coefficient (Wildman–Crippen LogP) is 1.74. The Bertz CT molecular complexity index is 598. The van der Waals surface area contributed by atoms with Crippen LogP contribution >= 0.6 is 0 Å². The molecule has 1 aromatic carbocycles. The van der Waals surface area contributed by atoms with Gasteiger partial charge >= 0.3 is 0 Å². The van der Waals surface area contributed by atoms with Gasteiger partial charge in [-0.25, -0.2) is 0 Å². The first-order valence-electron chi connectivity index (χ1n) is 6.04. The number of nitrogens with one attached hydrogen (secondary N) is 2. The SMILES string of the molecule is CC(C)(C)NC(=O)CNc1nc2cc(N)ccc2o1. The van der Waals surface area contributed by atoms with Crippen LogP contribution in [0.5, 0.6) is 0 Å². The van der Waals surface area contributed by atoms with E-state index in [2.05, 4.69) is 15.6 Å². The van der Waals surface area contributed by atoms with Crippen LogP contribution in [0.1, 0.15) is 20.8 Å². The van der Waals surface area contributed by atoms with Crippen molar-refractivity contribution in [3.63, 3.8) is 0 Å². The van der Waals surface area contributed by atoms with Crippen LogP contribution in [0.4, 0.5) is 11.7 Å². The molecule has 1 aromatic heterocycles. The van der Waals surface area contributed by atoms with Gasteiger partial charge in [0.15, 0.2) is 5.58 Å². The molecule has 0 spiro atoms. The zero-order valence-electron chi connectivity index (χ0n) is 11.3. The quantitative estimate of drug-likeness (QED) is 0.732. The average molecular weight is 262 g/mol. The smallest absolute Gasteiger partial charge is 0.296 e. The van der Waals surface area contributed by atoms with Crippen LogP contribution in [0, 0.1) is 0 Å². The summed E-state index contributed by atoms with van der Waals surface area (Å²) in [6.07, 6.45) is 0. The molecule has 0 saturated heterocycles. The number of carbonyl (C=O) groups is 1. The molecule has 0 aliphatic heterocycles. The van der Waals surface area contributed by atoms with E-state index in [1.807, 2.05) is 20.8 Å². The lowest BCUT2D eigenvalue weighted by molar-refractivity contribution is -0.120. The van der Waals surface area contributed by atoms with Crippen molar-refractivity contribution in [2.45, 2.75) is 26.3 Å². The minimum atomic E-state index is -0.255. The van der Waals surface area contributed by atoms with Crippen molar-refractivity contribution >= 4 is 28.7 Å². The van der Waals surface area contributed by atoms with Gasteiger partial charge < -0.3 is 20.8 Å². The van der Waals surface area contributed by atoms with Gasteiger partial charge in [0.2, 0.25) is 5.91 Å². The Morgan fingerprint density at radius 2 is 2.16 bits per heavy atom. The summed E-state index contributed by atoms with van der Waals surface area (Å²) in [7, 11) is 0. The van der Waals surface area contributed by atoms with Crippen molar-refractivity contribution in [2.24, 2.45) is 0 Å². The number of nitrogens with two attached hydrogens (primary N) is 1. The molecule has 0 aliphatic carbocycles. The third-order valence-electron chi connectivity index (χ3n) is 2.33. The van der Waals surface area contributed by atoms with Crippen LogP contribution in [-0.2, 0) is 4.79 Å². The maximum absolute atomic E-state index is 11.6. The van der Waals surface area contributed by atoms with Crippen molar-refractivity contribution in [3.05, 3.63) is 18.2 Å². The number of anilines is 2. The van der Waals surface area contributed by atoms with Gasteiger partial charge in [-0.05, 0) is 39.0 Å². The summed E-state index contributed by atoms with van der Waals surface area (Å²) in [6, 6.07) is 5.52. The molecule has 0 fully saturated rings. The number of amides is 1. The van der Waals surface area contributed by atoms with Gasteiger partial charge in [-0.1, -0.05) is 0 Å². The normalized spacial score (nSPS) is 11.5. The minimum Gasteiger partial charge on any atom is -0.424 e. The minimum absolute atomic E-state index is 0.111. The second kappa shape index (κ2) is 4.79. The lowest BCUT2D eigenvalue weighted by Gasteiger charge is -2.20. The first-order valence-corrected chi connectivity index (χ1v) is 6.04. The van der Waals surface area contributed by atoms with Gasteiger partial charge in [0, 0.05) is 11.2 Å². The molecular formula is C13H18N4O2. The molecule has 6 nitrogen and oxygen atoms in total. The second-order valence-electron chi connectivity index (χ2n) is 5.40. The Hall–Kier alpha value is -2.24. The highest BCUT2D eigenvalue weighted by molar-refractivity contribution is 5.82. The Morgan fingerprint density at radius 3 is 2.84 bits per heavy atom. The molecule has 6 heteroatoms. The standard InChI is InChI=1S/C13H18N4O2/c1-13(2,3)17-11(18)7-15-12-16-9-6-8(14)4-5-10(9)19-12/h4-6H,7,14H2,1-3H3,(H,15,16)(H,17,18). The molecule has 0 unspecified atom stereocenters. The van der Waals surface area contributed by atoms with E-state index in [1.165, 1.54) is 0 Å². The number of oxazole rings is 1. The van der Waals surface area contributed by atoms with E-state index in [1.54, 1.807) is 18.2 Å². The van der Waals surface area contributed by atoms with E-state index in [0.29, 0.717) is 22.8 Å². The van der Waals surface area contributed by atoms with Gasteiger partial charge in [0.25, 0.3) is 6.01 Å². The molecule has 4 N–H and O–H groups in total. The fourth-order valence-corrected chi connectivity index (χ4v) is 1.64. The number of rotatable bonds is 3. The van der Waals surface area contributed by atoms with Crippen LogP contribution in [0.25, 0.3) is 11.1 Å². The first-order chi connectivity index (χ1) is 8.83.